The molecule has 12 heavy (non-hydrogen) atoms. The number of rotatable bonds is 4. The molecule has 1 amide bonds. The standard InChI is InChI=1S/C8H18N2O2/c1-4-12-8(11)10-7(3)6(2)5-9/h6-7H,4-5,9H2,1-3H3,(H,10,11). The number of amides is 1. The molecule has 4 heteroatoms. The van der Waals surface area contributed by atoms with Crippen molar-refractivity contribution in [2.75, 3.05) is 13.2 Å². The van der Waals surface area contributed by atoms with Gasteiger partial charge in [0.2, 0.25) is 0 Å². The molecule has 2 atom stereocenters. The molecule has 0 aromatic heterocycles. The SMILES string of the molecule is CCOC(=O)NC(C)C(C)CN. The number of nitrogens with two attached hydrogens (primary N) is 1. The summed E-state index contributed by atoms with van der Waals surface area (Å²) >= 11 is 0. The zero-order chi connectivity index (χ0) is 9.56. The van der Waals surface area contributed by atoms with Gasteiger partial charge in [-0.3, -0.25) is 0 Å². The van der Waals surface area contributed by atoms with E-state index in [4.69, 9.17) is 10.5 Å². The number of alkyl carbamates (subject to hydrolysis) is 1. The fraction of sp³-hybridized carbons (Fsp3) is 0.875. The lowest BCUT2D eigenvalue weighted by atomic mass is 10.1. The molecule has 72 valence electrons. The number of hydrogen-bond acceptors (Lipinski definition) is 3. The van der Waals surface area contributed by atoms with E-state index in [1.807, 2.05) is 13.8 Å². The van der Waals surface area contributed by atoms with Gasteiger partial charge in [0.1, 0.15) is 0 Å². The molecule has 0 radical (unpaired) electrons. The Morgan fingerprint density at radius 3 is 2.58 bits per heavy atom. The molecule has 0 bridgehead atoms. The minimum Gasteiger partial charge on any atom is -0.450 e. The lowest BCUT2D eigenvalue weighted by Gasteiger charge is -2.18. The molecule has 0 aromatic rings. The van der Waals surface area contributed by atoms with Gasteiger partial charge in [0.25, 0.3) is 0 Å². The minimum atomic E-state index is -0.370. The van der Waals surface area contributed by atoms with Gasteiger partial charge in [-0.15, -0.1) is 0 Å². The van der Waals surface area contributed by atoms with Crippen LogP contribution in [0.3, 0.4) is 0 Å². The van der Waals surface area contributed by atoms with Crippen LogP contribution in [0.1, 0.15) is 20.8 Å². The summed E-state index contributed by atoms with van der Waals surface area (Å²) < 4.78 is 4.72. The Morgan fingerprint density at radius 1 is 1.58 bits per heavy atom. The molecule has 0 aliphatic carbocycles. The van der Waals surface area contributed by atoms with Crippen LogP contribution < -0.4 is 11.1 Å². The van der Waals surface area contributed by atoms with Crippen LogP contribution in [0.25, 0.3) is 0 Å². The summed E-state index contributed by atoms with van der Waals surface area (Å²) in [4.78, 5) is 10.9. The molecule has 0 heterocycles. The summed E-state index contributed by atoms with van der Waals surface area (Å²) in [6, 6.07) is 0.0639. The number of hydrogen-bond donors (Lipinski definition) is 2. The van der Waals surface area contributed by atoms with Gasteiger partial charge in [-0.25, -0.2) is 4.79 Å². The normalized spacial score (nSPS) is 15.0. The molecule has 0 aromatic carbocycles. The maximum absolute atomic E-state index is 10.9. The van der Waals surface area contributed by atoms with Crippen LogP contribution in [0.15, 0.2) is 0 Å². The van der Waals surface area contributed by atoms with Crippen molar-refractivity contribution < 1.29 is 9.53 Å². The molecule has 0 spiro atoms. The first-order valence-corrected chi connectivity index (χ1v) is 4.25. The topological polar surface area (TPSA) is 64.3 Å². The van der Waals surface area contributed by atoms with Crippen molar-refractivity contribution in [3.05, 3.63) is 0 Å². The first-order chi connectivity index (χ1) is 5.61. The Bertz CT molecular complexity index is 139. The van der Waals surface area contributed by atoms with E-state index in [1.54, 1.807) is 6.92 Å². The van der Waals surface area contributed by atoms with Crippen LogP contribution in [0, 0.1) is 5.92 Å². The van der Waals surface area contributed by atoms with E-state index < -0.39 is 0 Å². The molecule has 0 aliphatic heterocycles. The average molecular weight is 174 g/mol. The van der Waals surface area contributed by atoms with E-state index in [1.165, 1.54) is 0 Å². The maximum Gasteiger partial charge on any atom is 0.407 e. The summed E-state index contributed by atoms with van der Waals surface area (Å²) in [6.45, 7) is 6.63. The van der Waals surface area contributed by atoms with Crippen molar-refractivity contribution in [3.63, 3.8) is 0 Å². The van der Waals surface area contributed by atoms with Gasteiger partial charge < -0.3 is 15.8 Å². The highest BCUT2D eigenvalue weighted by molar-refractivity contribution is 5.67. The predicted octanol–water partition coefficient (Wildman–Crippen LogP) is 0.716. The number of carbonyl (C=O) groups is 1. The largest absolute Gasteiger partial charge is 0.450 e. The van der Waals surface area contributed by atoms with Crippen molar-refractivity contribution in [2.45, 2.75) is 26.8 Å². The van der Waals surface area contributed by atoms with E-state index in [2.05, 4.69) is 5.32 Å². The smallest absolute Gasteiger partial charge is 0.407 e. The number of carbonyl (C=O) groups excluding carboxylic acids is 1. The summed E-state index contributed by atoms with van der Waals surface area (Å²) in [5.41, 5.74) is 5.43. The first-order valence-electron chi connectivity index (χ1n) is 4.25. The second-order valence-electron chi connectivity index (χ2n) is 2.87. The van der Waals surface area contributed by atoms with Crippen LogP contribution in [-0.4, -0.2) is 25.3 Å². The van der Waals surface area contributed by atoms with Crippen LogP contribution in [0.4, 0.5) is 4.79 Å². The second kappa shape index (κ2) is 5.83. The maximum atomic E-state index is 10.9. The lowest BCUT2D eigenvalue weighted by molar-refractivity contribution is 0.146. The zero-order valence-electron chi connectivity index (χ0n) is 7.96. The molecule has 4 nitrogen and oxygen atoms in total. The van der Waals surface area contributed by atoms with E-state index in [0.29, 0.717) is 13.2 Å². The Labute approximate surface area is 73.5 Å². The first kappa shape index (κ1) is 11.2. The third kappa shape index (κ3) is 4.18. The van der Waals surface area contributed by atoms with Crippen molar-refractivity contribution in [1.29, 1.82) is 0 Å². The molecule has 3 N–H and O–H groups in total. The molecule has 0 saturated carbocycles. The van der Waals surface area contributed by atoms with Gasteiger partial charge in [-0.2, -0.15) is 0 Å². The van der Waals surface area contributed by atoms with Gasteiger partial charge in [0.15, 0.2) is 0 Å². The fourth-order valence-electron chi connectivity index (χ4n) is 0.705. The van der Waals surface area contributed by atoms with E-state index in [0.717, 1.165) is 0 Å². The quantitative estimate of drug-likeness (QED) is 0.660. The van der Waals surface area contributed by atoms with E-state index in [9.17, 15) is 4.79 Å². The third-order valence-electron chi connectivity index (χ3n) is 1.85. The van der Waals surface area contributed by atoms with Crippen LogP contribution in [-0.2, 0) is 4.74 Å². The molecule has 0 saturated heterocycles. The molecule has 0 aliphatic rings. The van der Waals surface area contributed by atoms with Crippen molar-refractivity contribution in [1.82, 2.24) is 5.32 Å². The van der Waals surface area contributed by atoms with Crippen LogP contribution in [0.2, 0.25) is 0 Å². The highest BCUT2D eigenvalue weighted by Gasteiger charge is 2.13. The van der Waals surface area contributed by atoms with Gasteiger partial charge in [0, 0.05) is 6.04 Å². The molecule has 0 fully saturated rings. The highest BCUT2D eigenvalue weighted by atomic mass is 16.5. The minimum absolute atomic E-state index is 0.0639. The average Bonchev–Trinajstić information content (AvgIpc) is 2.03. The zero-order valence-corrected chi connectivity index (χ0v) is 7.96. The van der Waals surface area contributed by atoms with E-state index in [-0.39, 0.29) is 18.1 Å². The molecular formula is C8H18N2O2. The Kier molecular flexibility index (Phi) is 5.45. The predicted molar refractivity (Wildman–Crippen MR) is 47.8 cm³/mol. The third-order valence-corrected chi connectivity index (χ3v) is 1.85. The molecule has 2 unspecified atom stereocenters. The van der Waals surface area contributed by atoms with Gasteiger partial charge in [-0.05, 0) is 26.3 Å². The van der Waals surface area contributed by atoms with Crippen LogP contribution in [0.5, 0.6) is 0 Å². The highest BCUT2D eigenvalue weighted by Crippen LogP contribution is 1.99. The summed E-state index contributed by atoms with van der Waals surface area (Å²) in [5.74, 6) is 0.273. The Balaban J connectivity index is 3.67. The van der Waals surface area contributed by atoms with Crippen LogP contribution >= 0.6 is 0 Å². The van der Waals surface area contributed by atoms with E-state index >= 15 is 0 Å². The fourth-order valence-corrected chi connectivity index (χ4v) is 0.705. The summed E-state index contributed by atoms with van der Waals surface area (Å²) in [5, 5.41) is 2.69. The van der Waals surface area contributed by atoms with Crippen molar-refractivity contribution >= 4 is 6.09 Å². The Hall–Kier alpha value is -0.770. The molecule has 0 rings (SSSR count). The lowest BCUT2D eigenvalue weighted by Crippen LogP contribution is -2.39. The number of nitrogens with one attached hydrogen (secondary N) is 1. The summed E-state index contributed by atoms with van der Waals surface area (Å²) in [7, 11) is 0. The van der Waals surface area contributed by atoms with Crippen molar-refractivity contribution in [3.8, 4) is 0 Å². The number of ether oxygens (including phenoxy) is 1. The van der Waals surface area contributed by atoms with Gasteiger partial charge in [0.05, 0.1) is 6.61 Å². The second-order valence-corrected chi connectivity index (χ2v) is 2.87. The van der Waals surface area contributed by atoms with Crippen molar-refractivity contribution in [2.24, 2.45) is 11.7 Å². The molecular weight excluding hydrogens is 156 g/mol. The van der Waals surface area contributed by atoms with Gasteiger partial charge >= 0.3 is 6.09 Å². The monoisotopic (exact) mass is 174 g/mol. The van der Waals surface area contributed by atoms with Gasteiger partial charge in [-0.1, -0.05) is 6.92 Å². The summed E-state index contributed by atoms with van der Waals surface area (Å²) in [6.07, 6.45) is -0.370. The Morgan fingerprint density at radius 2 is 2.17 bits per heavy atom.